The Morgan fingerprint density at radius 3 is 2.50 bits per heavy atom. The van der Waals surface area contributed by atoms with E-state index in [-0.39, 0.29) is 11.3 Å². The molecule has 0 fully saturated rings. The number of nitrogens with one attached hydrogen (secondary N) is 1. The summed E-state index contributed by atoms with van der Waals surface area (Å²) in [5.74, 6) is -0.132. The normalized spacial score (nSPS) is 11.1. The summed E-state index contributed by atoms with van der Waals surface area (Å²) in [5, 5.41) is 15.8. The second-order valence-electron chi connectivity index (χ2n) is 7.09. The molecule has 32 heavy (non-hydrogen) atoms. The average molecular weight is 428 g/mol. The first-order chi connectivity index (χ1) is 15.5. The highest BCUT2D eigenvalue weighted by Gasteiger charge is 2.15. The van der Waals surface area contributed by atoms with Crippen molar-refractivity contribution in [1.29, 1.82) is 0 Å². The van der Waals surface area contributed by atoms with Gasteiger partial charge in [-0.05, 0) is 53.6 Å². The predicted octanol–water partition coefficient (Wildman–Crippen LogP) is 4.66. The molecule has 7 heteroatoms. The number of carbonyl (C=O) groups excluding carboxylic acids is 2. The van der Waals surface area contributed by atoms with Crippen LogP contribution in [0.4, 0.5) is 0 Å². The van der Waals surface area contributed by atoms with Crippen LogP contribution in [-0.2, 0) is 4.74 Å². The van der Waals surface area contributed by atoms with Crippen LogP contribution in [0.2, 0.25) is 0 Å². The molecule has 0 unspecified atom stereocenters. The second-order valence-corrected chi connectivity index (χ2v) is 7.09. The summed E-state index contributed by atoms with van der Waals surface area (Å²) in [6.07, 6.45) is 1.36. The van der Waals surface area contributed by atoms with Crippen LogP contribution in [0.15, 0.2) is 76.2 Å². The van der Waals surface area contributed by atoms with Gasteiger partial charge in [-0.2, -0.15) is 5.10 Å². The molecule has 0 radical (unpaired) electrons. The number of benzene rings is 3. The number of hydrogen-bond acceptors (Lipinski definition) is 6. The number of aromatic hydroxyl groups is 1. The molecule has 1 aromatic heterocycles. The maximum Gasteiger partial charge on any atom is 0.338 e. The Balaban J connectivity index is 1.50. The minimum absolute atomic E-state index is 0.122. The highest BCUT2D eigenvalue weighted by Crippen LogP contribution is 2.28. The number of carbonyl (C=O) groups is 2. The van der Waals surface area contributed by atoms with E-state index in [4.69, 9.17) is 9.15 Å². The van der Waals surface area contributed by atoms with Gasteiger partial charge in [0.05, 0.1) is 24.5 Å². The summed E-state index contributed by atoms with van der Waals surface area (Å²) in [7, 11) is 1.34. The molecular formula is C25H20N2O5. The smallest absolute Gasteiger partial charge is 0.338 e. The maximum atomic E-state index is 12.4. The van der Waals surface area contributed by atoms with Gasteiger partial charge in [0.2, 0.25) is 0 Å². The zero-order valence-electron chi connectivity index (χ0n) is 17.5. The number of esters is 1. The van der Waals surface area contributed by atoms with Gasteiger partial charge in [0.25, 0.3) is 5.91 Å². The third-order valence-electron chi connectivity index (χ3n) is 5.10. The SMILES string of the molecule is COC(=O)c1cccc(-c2ccc(C=NNC(=O)c3cc4ccccc4cc3O)o2)c1C. The number of amides is 1. The van der Waals surface area contributed by atoms with E-state index in [1.165, 1.54) is 19.4 Å². The van der Waals surface area contributed by atoms with Gasteiger partial charge in [-0.15, -0.1) is 0 Å². The lowest BCUT2D eigenvalue weighted by Crippen LogP contribution is -2.17. The minimum Gasteiger partial charge on any atom is -0.507 e. The first-order valence-corrected chi connectivity index (χ1v) is 9.81. The lowest BCUT2D eigenvalue weighted by Gasteiger charge is -2.07. The molecule has 1 amide bonds. The lowest BCUT2D eigenvalue weighted by molar-refractivity contribution is 0.0599. The standard InChI is InChI=1S/C25H20N2O5/c1-15-19(8-5-9-20(15)25(30)31-2)23-11-10-18(32-23)14-26-27-24(29)21-12-16-6-3-4-7-17(16)13-22(21)28/h3-14,28H,1-2H3,(H,27,29). The van der Waals surface area contributed by atoms with Gasteiger partial charge in [0, 0.05) is 5.56 Å². The summed E-state index contributed by atoms with van der Waals surface area (Å²) >= 11 is 0. The Hall–Kier alpha value is -4.39. The zero-order chi connectivity index (χ0) is 22.7. The van der Waals surface area contributed by atoms with Crippen molar-refractivity contribution in [3.8, 4) is 17.1 Å². The van der Waals surface area contributed by atoms with Gasteiger partial charge in [0.15, 0.2) is 0 Å². The minimum atomic E-state index is -0.544. The molecule has 7 nitrogen and oxygen atoms in total. The molecule has 0 spiro atoms. The number of phenolic OH excluding ortho intramolecular Hbond substituents is 1. The molecule has 0 aliphatic carbocycles. The average Bonchev–Trinajstić information content (AvgIpc) is 3.26. The Morgan fingerprint density at radius 2 is 1.75 bits per heavy atom. The van der Waals surface area contributed by atoms with Crippen molar-refractivity contribution in [3.05, 3.63) is 89.2 Å². The molecule has 0 saturated carbocycles. The predicted molar refractivity (Wildman–Crippen MR) is 121 cm³/mol. The monoisotopic (exact) mass is 428 g/mol. The number of fused-ring (bicyclic) bond motifs is 1. The van der Waals surface area contributed by atoms with Crippen LogP contribution >= 0.6 is 0 Å². The van der Waals surface area contributed by atoms with Crippen molar-refractivity contribution in [2.24, 2.45) is 5.10 Å². The molecule has 0 atom stereocenters. The highest BCUT2D eigenvalue weighted by molar-refractivity contribution is 6.01. The van der Waals surface area contributed by atoms with E-state index in [2.05, 4.69) is 10.5 Å². The Kier molecular flexibility index (Phi) is 5.72. The molecule has 160 valence electrons. The summed E-state index contributed by atoms with van der Waals surface area (Å²) in [6, 6.07) is 19.3. The van der Waals surface area contributed by atoms with E-state index in [1.54, 1.807) is 30.3 Å². The van der Waals surface area contributed by atoms with E-state index in [0.29, 0.717) is 17.1 Å². The molecule has 1 heterocycles. The second kappa shape index (κ2) is 8.77. The first-order valence-electron chi connectivity index (χ1n) is 9.81. The van der Waals surface area contributed by atoms with E-state index in [9.17, 15) is 14.7 Å². The summed E-state index contributed by atoms with van der Waals surface area (Å²) in [5.41, 5.74) is 4.45. The van der Waals surface area contributed by atoms with Gasteiger partial charge >= 0.3 is 5.97 Å². The van der Waals surface area contributed by atoms with E-state index in [1.807, 2.05) is 37.3 Å². The molecule has 0 aliphatic rings. The van der Waals surface area contributed by atoms with E-state index in [0.717, 1.165) is 21.9 Å². The Labute approximate surface area is 183 Å². The highest BCUT2D eigenvalue weighted by atomic mass is 16.5. The maximum absolute atomic E-state index is 12.4. The van der Waals surface area contributed by atoms with Crippen molar-refractivity contribution in [2.75, 3.05) is 7.11 Å². The number of hydrazone groups is 1. The van der Waals surface area contributed by atoms with Crippen LogP contribution in [-0.4, -0.2) is 30.3 Å². The third-order valence-corrected chi connectivity index (χ3v) is 5.10. The van der Waals surface area contributed by atoms with Crippen LogP contribution in [0.25, 0.3) is 22.1 Å². The fourth-order valence-corrected chi connectivity index (χ4v) is 3.43. The van der Waals surface area contributed by atoms with Gasteiger partial charge in [0.1, 0.15) is 17.3 Å². The summed E-state index contributed by atoms with van der Waals surface area (Å²) < 4.78 is 10.6. The zero-order valence-corrected chi connectivity index (χ0v) is 17.5. The van der Waals surface area contributed by atoms with Crippen molar-refractivity contribution < 1.29 is 23.8 Å². The molecule has 4 rings (SSSR count). The lowest BCUT2D eigenvalue weighted by atomic mass is 10.0. The molecule has 0 aliphatic heterocycles. The van der Waals surface area contributed by atoms with Crippen molar-refractivity contribution in [3.63, 3.8) is 0 Å². The quantitative estimate of drug-likeness (QED) is 0.273. The molecular weight excluding hydrogens is 408 g/mol. The fraction of sp³-hybridized carbons (Fsp3) is 0.0800. The number of rotatable bonds is 5. The number of ether oxygens (including phenoxy) is 1. The molecule has 3 aromatic carbocycles. The number of methoxy groups -OCH3 is 1. The molecule has 4 aromatic rings. The Bertz CT molecular complexity index is 1350. The van der Waals surface area contributed by atoms with Crippen LogP contribution in [0.1, 0.15) is 32.0 Å². The first kappa shape index (κ1) is 20.9. The number of furan rings is 1. The van der Waals surface area contributed by atoms with Crippen LogP contribution in [0, 0.1) is 6.92 Å². The molecule has 0 saturated heterocycles. The largest absolute Gasteiger partial charge is 0.507 e. The number of hydrogen-bond donors (Lipinski definition) is 2. The van der Waals surface area contributed by atoms with Crippen molar-refractivity contribution in [2.45, 2.75) is 6.92 Å². The van der Waals surface area contributed by atoms with Gasteiger partial charge in [-0.3, -0.25) is 4.79 Å². The van der Waals surface area contributed by atoms with Crippen LogP contribution < -0.4 is 5.43 Å². The van der Waals surface area contributed by atoms with Crippen molar-refractivity contribution in [1.82, 2.24) is 5.43 Å². The van der Waals surface area contributed by atoms with Crippen LogP contribution in [0.3, 0.4) is 0 Å². The number of nitrogens with zero attached hydrogens (tertiary/aromatic N) is 1. The van der Waals surface area contributed by atoms with Gasteiger partial charge < -0.3 is 14.3 Å². The summed E-state index contributed by atoms with van der Waals surface area (Å²) in [4.78, 5) is 24.4. The molecule has 0 bridgehead atoms. The third kappa shape index (κ3) is 4.09. The Morgan fingerprint density at radius 1 is 1.00 bits per heavy atom. The van der Waals surface area contributed by atoms with Gasteiger partial charge in [-0.1, -0.05) is 36.4 Å². The van der Waals surface area contributed by atoms with E-state index < -0.39 is 11.9 Å². The fourth-order valence-electron chi connectivity index (χ4n) is 3.43. The molecule has 2 N–H and O–H groups in total. The van der Waals surface area contributed by atoms with Gasteiger partial charge in [-0.25, -0.2) is 10.2 Å². The summed E-state index contributed by atoms with van der Waals surface area (Å²) in [6.45, 7) is 1.81. The topological polar surface area (TPSA) is 101 Å². The van der Waals surface area contributed by atoms with Crippen molar-refractivity contribution >= 4 is 28.9 Å². The van der Waals surface area contributed by atoms with Crippen LogP contribution in [0.5, 0.6) is 5.75 Å². The number of phenols is 1. The van der Waals surface area contributed by atoms with E-state index >= 15 is 0 Å².